The van der Waals surface area contributed by atoms with Gasteiger partial charge in [0.15, 0.2) is 0 Å². The van der Waals surface area contributed by atoms with Crippen molar-refractivity contribution in [1.29, 1.82) is 10.5 Å². The van der Waals surface area contributed by atoms with Crippen LogP contribution >= 0.6 is 11.8 Å². The SMILES string of the molecule is CNC(=O)c1cc(CSc2nc(NCCCO)c(C#N)c(-c3ccccc3)c2C#N)ccn1. The normalized spacial score (nSPS) is 10.2. The highest BCUT2D eigenvalue weighted by atomic mass is 32.2. The molecule has 0 radical (unpaired) electrons. The van der Waals surface area contributed by atoms with Crippen LogP contribution < -0.4 is 10.6 Å². The van der Waals surface area contributed by atoms with Crippen molar-refractivity contribution in [2.45, 2.75) is 17.2 Å². The molecular formula is C24H22N6O2S. The molecule has 8 nitrogen and oxygen atoms in total. The van der Waals surface area contributed by atoms with Gasteiger partial charge in [0.1, 0.15) is 34.2 Å². The Balaban J connectivity index is 2.05. The molecule has 3 N–H and O–H groups in total. The van der Waals surface area contributed by atoms with E-state index in [1.165, 1.54) is 11.8 Å². The fourth-order valence-corrected chi connectivity index (χ4v) is 4.09. The first-order chi connectivity index (χ1) is 16.1. The number of pyridine rings is 2. The van der Waals surface area contributed by atoms with Gasteiger partial charge in [-0.25, -0.2) is 4.98 Å². The van der Waals surface area contributed by atoms with Crippen LogP contribution in [0.3, 0.4) is 0 Å². The molecular weight excluding hydrogens is 436 g/mol. The van der Waals surface area contributed by atoms with E-state index < -0.39 is 0 Å². The number of aliphatic hydroxyl groups is 1. The molecule has 0 aliphatic heterocycles. The Hall–Kier alpha value is -3.92. The monoisotopic (exact) mass is 458 g/mol. The molecule has 0 saturated heterocycles. The lowest BCUT2D eigenvalue weighted by Crippen LogP contribution is -2.19. The first kappa shape index (κ1) is 23.7. The number of benzene rings is 1. The second kappa shape index (κ2) is 11.6. The second-order valence-corrected chi connectivity index (χ2v) is 7.87. The summed E-state index contributed by atoms with van der Waals surface area (Å²) < 4.78 is 0. The van der Waals surface area contributed by atoms with Gasteiger partial charge in [-0.15, -0.1) is 11.8 Å². The molecule has 0 atom stereocenters. The van der Waals surface area contributed by atoms with Crippen molar-refractivity contribution < 1.29 is 9.90 Å². The van der Waals surface area contributed by atoms with Crippen LogP contribution in [0, 0.1) is 22.7 Å². The lowest BCUT2D eigenvalue weighted by molar-refractivity contribution is 0.0958. The number of aliphatic hydroxyl groups excluding tert-OH is 1. The van der Waals surface area contributed by atoms with Gasteiger partial charge in [-0.1, -0.05) is 30.3 Å². The topological polar surface area (TPSA) is 135 Å². The average Bonchev–Trinajstić information content (AvgIpc) is 2.87. The number of nitriles is 2. The Morgan fingerprint density at radius 3 is 2.58 bits per heavy atom. The summed E-state index contributed by atoms with van der Waals surface area (Å²) >= 11 is 1.34. The maximum atomic E-state index is 11.9. The number of anilines is 1. The summed E-state index contributed by atoms with van der Waals surface area (Å²) in [6.45, 7) is 0.441. The Kier molecular flexibility index (Phi) is 8.36. The van der Waals surface area contributed by atoms with E-state index >= 15 is 0 Å². The number of carbonyl (C=O) groups excluding carboxylic acids is 1. The Morgan fingerprint density at radius 2 is 1.91 bits per heavy atom. The third-order valence-electron chi connectivity index (χ3n) is 4.74. The predicted octanol–water partition coefficient (Wildman–Crippen LogP) is 3.33. The van der Waals surface area contributed by atoms with E-state index in [0.29, 0.717) is 46.4 Å². The molecule has 0 unspecified atom stereocenters. The van der Waals surface area contributed by atoms with Crippen LogP contribution in [-0.2, 0) is 5.75 Å². The van der Waals surface area contributed by atoms with Crippen molar-refractivity contribution in [3.05, 3.63) is 71.0 Å². The van der Waals surface area contributed by atoms with Crippen LogP contribution in [0.1, 0.15) is 33.6 Å². The van der Waals surface area contributed by atoms with Crippen molar-refractivity contribution in [3.63, 3.8) is 0 Å². The minimum absolute atomic E-state index is 0.00797. The van der Waals surface area contributed by atoms with E-state index in [9.17, 15) is 15.3 Å². The maximum Gasteiger partial charge on any atom is 0.269 e. The molecule has 0 aliphatic rings. The highest BCUT2D eigenvalue weighted by Gasteiger charge is 2.21. The largest absolute Gasteiger partial charge is 0.396 e. The number of thioether (sulfide) groups is 1. The van der Waals surface area contributed by atoms with Gasteiger partial charge < -0.3 is 15.7 Å². The van der Waals surface area contributed by atoms with Crippen molar-refractivity contribution in [2.24, 2.45) is 0 Å². The van der Waals surface area contributed by atoms with E-state index in [1.807, 2.05) is 30.3 Å². The summed E-state index contributed by atoms with van der Waals surface area (Å²) in [5.41, 5.74) is 3.01. The van der Waals surface area contributed by atoms with Crippen molar-refractivity contribution in [2.75, 3.05) is 25.5 Å². The molecule has 0 aliphatic carbocycles. The van der Waals surface area contributed by atoms with Gasteiger partial charge in [0.2, 0.25) is 0 Å². The number of amides is 1. The van der Waals surface area contributed by atoms with Gasteiger partial charge in [-0.05, 0) is 29.7 Å². The molecule has 0 spiro atoms. The van der Waals surface area contributed by atoms with Crippen LogP contribution in [0.15, 0.2) is 53.7 Å². The molecule has 1 amide bonds. The maximum absolute atomic E-state index is 11.9. The van der Waals surface area contributed by atoms with E-state index in [2.05, 4.69) is 32.7 Å². The third kappa shape index (κ3) is 5.66. The molecule has 2 heterocycles. The van der Waals surface area contributed by atoms with E-state index in [-0.39, 0.29) is 18.1 Å². The minimum Gasteiger partial charge on any atom is -0.396 e. The van der Waals surface area contributed by atoms with Crippen molar-refractivity contribution >= 4 is 23.5 Å². The summed E-state index contributed by atoms with van der Waals surface area (Å²) in [4.78, 5) is 20.6. The molecule has 2 aromatic heterocycles. The summed E-state index contributed by atoms with van der Waals surface area (Å²) in [6.07, 6.45) is 2.06. The van der Waals surface area contributed by atoms with Gasteiger partial charge in [0, 0.05) is 37.7 Å². The standard InChI is InChI=1S/C24H22N6O2S/c1-27-23(32)20-12-16(8-10-28-20)15-33-24-19(14-26)21(17-6-3-2-4-7-17)18(13-25)22(30-24)29-9-5-11-31/h2-4,6-8,10,12,31H,5,9,11,15H2,1H3,(H,27,32)(H,29,30). The first-order valence-corrected chi connectivity index (χ1v) is 11.2. The van der Waals surface area contributed by atoms with Crippen LogP contribution in [0.25, 0.3) is 11.1 Å². The number of hydrogen-bond donors (Lipinski definition) is 3. The quantitative estimate of drug-likeness (QED) is 0.328. The Bertz CT molecular complexity index is 1220. The highest BCUT2D eigenvalue weighted by molar-refractivity contribution is 7.98. The fraction of sp³-hybridized carbons (Fsp3) is 0.208. The fourth-order valence-electron chi connectivity index (χ4n) is 3.16. The summed E-state index contributed by atoms with van der Waals surface area (Å²) in [6, 6.07) is 17.2. The Labute approximate surface area is 196 Å². The van der Waals surface area contributed by atoms with Crippen LogP contribution in [-0.4, -0.2) is 41.2 Å². The van der Waals surface area contributed by atoms with E-state index in [1.54, 1.807) is 25.4 Å². The average molecular weight is 459 g/mol. The molecule has 3 rings (SSSR count). The van der Waals surface area contributed by atoms with Gasteiger partial charge >= 0.3 is 0 Å². The molecule has 0 saturated carbocycles. The van der Waals surface area contributed by atoms with E-state index in [0.717, 1.165) is 11.1 Å². The number of carbonyl (C=O) groups is 1. The van der Waals surface area contributed by atoms with Gasteiger partial charge in [-0.2, -0.15) is 10.5 Å². The number of nitrogens with zero attached hydrogens (tertiary/aromatic N) is 4. The molecule has 33 heavy (non-hydrogen) atoms. The van der Waals surface area contributed by atoms with E-state index in [4.69, 9.17) is 5.11 Å². The van der Waals surface area contributed by atoms with Crippen molar-refractivity contribution in [3.8, 4) is 23.3 Å². The summed E-state index contributed by atoms with van der Waals surface area (Å²) in [7, 11) is 1.54. The molecule has 166 valence electrons. The summed E-state index contributed by atoms with van der Waals surface area (Å²) in [5.74, 6) is 0.537. The number of aromatic nitrogens is 2. The van der Waals surface area contributed by atoms with Gasteiger partial charge in [0.05, 0.1) is 5.56 Å². The van der Waals surface area contributed by atoms with Crippen LogP contribution in [0.2, 0.25) is 0 Å². The molecule has 0 bridgehead atoms. The lowest BCUT2D eigenvalue weighted by atomic mass is 9.97. The predicted molar refractivity (Wildman–Crippen MR) is 126 cm³/mol. The lowest BCUT2D eigenvalue weighted by Gasteiger charge is -2.16. The zero-order valence-electron chi connectivity index (χ0n) is 18.0. The van der Waals surface area contributed by atoms with Crippen molar-refractivity contribution in [1.82, 2.24) is 15.3 Å². The summed E-state index contributed by atoms with van der Waals surface area (Å²) in [5, 5.41) is 35.2. The minimum atomic E-state index is -0.280. The number of rotatable bonds is 9. The molecule has 9 heteroatoms. The zero-order chi connectivity index (χ0) is 23.6. The zero-order valence-corrected chi connectivity index (χ0v) is 18.8. The molecule has 3 aromatic rings. The highest BCUT2D eigenvalue weighted by Crippen LogP contribution is 2.37. The van der Waals surface area contributed by atoms with Crippen LogP contribution in [0.5, 0.6) is 0 Å². The molecule has 1 aromatic carbocycles. The first-order valence-electron chi connectivity index (χ1n) is 10.2. The van der Waals surface area contributed by atoms with Gasteiger partial charge in [0.25, 0.3) is 5.91 Å². The number of nitrogens with one attached hydrogen (secondary N) is 2. The van der Waals surface area contributed by atoms with Crippen LogP contribution in [0.4, 0.5) is 5.82 Å². The second-order valence-electron chi connectivity index (χ2n) is 6.90. The third-order valence-corrected chi connectivity index (χ3v) is 5.78. The number of hydrogen-bond acceptors (Lipinski definition) is 8. The Morgan fingerprint density at radius 1 is 1.15 bits per heavy atom. The molecule has 0 fully saturated rings. The van der Waals surface area contributed by atoms with Gasteiger partial charge in [-0.3, -0.25) is 9.78 Å². The smallest absolute Gasteiger partial charge is 0.269 e.